The summed E-state index contributed by atoms with van der Waals surface area (Å²) in [6.07, 6.45) is 3.95. The van der Waals surface area contributed by atoms with Crippen molar-refractivity contribution in [1.82, 2.24) is 4.90 Å². The quantitative estimate of drug-likeness (QED) is 0.758. The maximum Gasteiger partial charge on any atom is 0.0334 e. The van der Waals surface area contributed by atoms with Crippen LogP contribution in [0.5, 0.6) is 0 Å². The zero-order chi connectivity index (χ0) is 11.5. The number of nitrogens with zero attached hydrogens (tertiary/aromatic N) is 1. The first kappa shape index (κ1) is 13.0. The second-order valence-electron chi connectivity index (χ2n) is 5.71. The summed E-state index contributed by atoms with van der Waals surface area (Å²) in [7, 11) is 0. The summed E-state index contributed by atoms with van der Waals surface area (Å²) < 4.78 is 0. The van der Waals surface area contributed by atoms with Crippen LogP contribution in [0.4, 0.5) is 0 Å². The highest BCUT2D eigenvalue weighted by atomic mass is 15.2. The van der Waals surface area contributed by atoms with Crippen molar-refractivity contribution in [3.63, 3.8) is 0 Å². The van der Waals surface area contributed by atoms with E-state index in [1.165, 1.54) is 25.8 Å². The molecule has 1 aliphatic carbocycles. The minimum atomic E-state index is 0.318. The third-order valence-electron chi connectivity index (χ3n) is 3.85. The van der Waals surface area contributed by atoms with E-state index in [0.29, 0.717) is 5.54 Å². The lowest BCUT2D eigenvalue weighted by atomic mass is 9.92. The molecular formula is C13H28N2. The van der Waals surface area contributed by atoms with Crippen LogP contribution in [0.3, 0.4) is 0 Å². The average Bonchev–Trinajstić information content (AvgIpc) is 2.57. The molecule has 0 saturated heterocycles. The van der Waals surface area contributed by atoms with Gasteiger partial charge in [-0.1, -0.05) is 27.7 Å². The number of hydrogen-bond acceptors (Lipinski definition) is 2. The predicted octanol–water partition coefficient (Wildman–Crippen LogP) is 2.48. The summed E-state index contributed by atoms with van der Waals surface area (Å²) >= 11 is 0. The van der Waals surface area contributed by atoms with Gasteiger partial charge in [-0.25, -0.2) is 0 Å². The fourth-order valence-electron chi connectivity index (χ4n) is 3.07. The third-order valence-corrected chi connectivity index (χ3v) is 3.85. The van der Waals surface area contributed by atoms with Crippen LogP contribution in [0.25, 0.3) is 0 Å². The van der Waals surface area contributed by atoms with Gasteiger partial charge in [-0.2, -0.15) is 0 Å². The Bertz CT molecular complexity index is 191. The maximum absolute atomic E-state index is 6.04. The van der Waals surface area contributed by atoms with Crippen molar-refractivity contribution in [2.75, 3.05) is 19.6 Å². The van der Waals surface area contributed by atoms with E-state index in [1.807, 2.05) is 0 Å². The molecule has 0 spiro atoms. The van der Waals surface area contributed by atoms with Crippen LogP contribution in [-0.4, -0.2) is 30.1 Å². The summed E-state index contributed by atoms with van der Waals surface area (Å²) in [5, 5.41) is 0. The Hall–Kier alpha value is -0.0800. The van der Waals surface area contributed by atoms with Crippen molar-refractivity contribution < 1.29 is 0 Å². The summed E-state index contributed by atoms with van der Waals surface area (Å²) in [6.45, 7) is 12.4. The lowest BCUT2D eigenvalue weighted by molar-refractivity contribution is 0.0884. The first-order chi connectivity index (χ1) is 7.04. The van der Waals surface area contributed by atoms with E-state index >= 15 is 0 Å². The van der Waals surface area contributed by atoms with Crippen LogP contribution in [0.1, 0.15) is 47.0 Å². The number of likely N-dealkylation sites (N-methyl/N-ethyl adjacent to an activating group) is 1. The third kappa shape index (κ3) is 2.94. The van der Waals surface area contributed by atoms with Gasteiger partial charge in [0.25, 0.3) is 0 Å². The van der Waals surface area contributed by atoms with Gasteiger partial charge in [-0.15, -0.1) is 0 Å². The summed E-state index contributed by atoms with van der Waals surface area (Å²) in [5.74, 6) is 1.60. The van der Waals surface area contributed by atoms with E-state index in [9.17, 15) is 0 Å². The Balaban J connectivity index is 2.69. The highest BCUT2D eigenvalue weighted by Gasteiger charge is 2.40. The zero-order valence-corrected chi connectivity index (χ0v) is 10.9. The summed E-state index contributed by atoms with van der Waals surface area (Å²) in [4.78, 5) is 2.63. The minimum absolute atomic E-state index is 0.318. The van der Waals surface area contributed by atoms with Crippen molar-refractivity contribution in [3.05, 3.63) is 0 Å². The summed E-state index contributed by atoms with van der Waals surface area (Å²) in [6, 6.07) is 0. The molecule has 15 heavy (non-hydrogen) atoms. The molecule has 0 aromatic rings. The second kappa shape index (κ2) is 5.31. The van der Waals surface area contributed by atoms with Gasteiger partial charge in [0.05, 0.1) is 0 Å². The molecule has 2 atom stereocenters. The summed E-state index contributed by atoms with van der Waals surface area (Å²) in [5.41, 5.74) is 6.36. The van der Waals surface area contributed by atoms with Gasteiger partial charge in [0.15, 0.2) is 0 Å². The molecule has 1 rings (SSSR count). The molecule has 2 nitrogen and oxygen atoms in total. The molecule has 0 aromatic heterocycles. The van der Waals surface area contributed by atoms with E-state index < -0.39 is 0 Å². The normalized spacial score (nSPS) is 31.8. The number of rotatable bonds is 5. The van der Waals surface area contributed by atoms with Gasteiger partial charge >= 0.3 is 0 Å². The van der Waals surface area contributed by atoms with Crippen LogP contribution < -0.4 is 5.73 Å². The van der Waals surface area contributed by atoms with Gasteiger partial charge < -0.3 is 5.73 Å². The molecule has 90 valence electrons. The Labute approximate surface area is 95.2 Å². The Morgan fingerprint density at radius 1 is 1.47 bits per heavy atom. The molecular weight excluding hydrogens is 184 g/mol. The first-order valence-electron chi connectivity index (χ1n) is 6.49. The predicted molar refractivity (Wildman–Crippen MR) is 66.9 cm³/mol. The number of nitrogens with two attached hydrogens (primary N) is 1. The standard InChI is InChI=1S/C13H28N2/c1-5-15(9-11(2)3)13(10-14)7-6-12(4)8-13/h11-12H,5-10,14H2,1-4H3. The Kier molecular flexibility index (Phi) is 4.60. The lowest BCUT2D eigenvalue weighted by Gasteiger charge is -2.41. The van der Waals surface area contributed by atoms with Gasteiger partial charge in [-0.3, -0.25) is 4.90 Å². The molecule has 0 amide bonds. The molecule has 2 N–H and O–H groups in total. The van der Waals surface area contributed by atoms with Crippen molar-refractivity contribution in [2.24, 2.45) is 17.6 Å². The molecule has 0 aliphatic heterocycles. The van der Waals surface area contributed by atoms with Crippen molar-refractivity contribution in [2.45, 2.75) is 52.5 Å². The lowest BCUT2D eigenvalue weighted by Crippen LogP contribution is -2.53. The zero-order valence-electron chi connectivity index (χ0n) is 10.9. The van der Waals surface area contributed by atoms with Crippen LogP contribution in [0.2, 0.25) is 0 Å². The Morgan fingerprint density at radius 2 is 2.13 bits per heavy atom. The monoisotopic (exact) mass is 212 g/mol. The fourth-order valence-corrected chi connectivity index (χ4v) is 3.07. The van der Waals surface area contributed by atoms with E-state index in [0.717, 1.165) is 24.9 Å². The maximum atomic E-state index is 6.04. The fraction of sp³-hybridized carbons (Fsp3) is 1.00. The SMILES string of the molecule is CCN(CC(C)C)C1(CN)CCC(C)C1. The topological polar surface area (TPSA) is 29.3 Å². The van der Waals surface area contributed by atoms with E-state index in [2.05, 4.69) is 32.6 Å². The Morgan fingerprint density at radius 3 is 2.47 bits per heavy atom. The van der Waals surface area contributed by atoms with Gasteiger partial charge in [0.1, 0.15) is 0 Å². The number of hydrogen-bond donors (Lipinski definition) is 1. The van der Waals surface area contributed by atoms with E-state index in [4.69, 9.17) is 5.73 Å². The van der Waals surface area contributed by atoms with Crippen molar-refractivity contribution in [1.29, 1.82) is 0 Å². The highest BCUT2D eigenvalue weighted by Crippen LogP contribution is 2.38. The highest BCUT2D eigenvalue weighted by molar-refractivity contribution is 4.97. The smallest absolute Gasteiger partial charge is 0.0334 e. The van der Waals surface area contributed by atoms with Crippen LogP contribution in [0.15, 0.2) is 0 Å². The van der Waals surface area contributed by atoms with E-state index in [-0.39, 0.29) is 0 Å². The van der Waals surface area contributed by atoms with Crippen LogP contribution in [-0.2, 0) is 0 Å². The molecule has 0 aromatic carbocycles. The molecule has 1 saturated carbocycles. The molecule has 0 heterocycles. The van der Waals surface area contributed by atoms with Crippen molar-refractivity contribution >= 4 is 0 Å². The van der Waals surface area contributed by atoms with Crippen LogP contribution in [0, 0.1) is 11.8 Å². The molecule has 1 aliphatic rings. The van der Waals surface area contributed by atoms with E-state index in [1.54, 1.807) is 0 Å². The van der Waals surface area contributed by atoms with Crippen LogP contribution >= 0.6 is 0 Å². The molecule has 1 fully saturated rings. The molecule has 0 bridgehead atoms. The van der Waals surface area contributed by atoms with Crippen molar-refractivity contribution in [3.8, 4) is 0 Å². The minimum Gasteiger partial charge on any atom is -0.329 e. The second-order valence-corrected chi connectivity index (χ2v) is 5.71. The molecule has 2 unspecified atom stereocenters. The molecule has 2 heteroatoms. The average molecular weight is 212 g/mol. The largest absolute Gasteiger partial charge is 0.329 e. The van der Waals surface area contributed by atoms with Gasteiger partial charge in [0, 0.05) is 18.6 Å². The van der Waals surface area contributed by atoms with Gasteiger partial charge in [0.2, 0.25) is 0 Å². The molecule has 0 radical (unpaired) electrons. The first-order valence-corrected chi connectivity index (χ1v) is 6.49. The van der Waals surface area contributed by atoms with Gasteiger partial charge in [-0.05, 0) is 37.6 Å².